The molecule has 134 valence electrons. The molecule has 4 nitrogen and oxygen atoms in total. The fraction of sp³-hybridized carbons (Fsp3) is 0.350. The van der Waals surface area contributed by atoms with Crippen LogP contribution in [0.2, 0.25) is 0 Å². The number of aryl methyl sites for hydroxylation is 1. The van der Waals surface area contributed by atoms with E-state index in [2.05, 4.69) is 25.2 Å². The van der Waals surface area contributed by atoms with E-state index in [0.29, 0.717) is 18.3 Å². The Kier molecular flexibility index (Phi) is 6.65. The molecule has 0 atom stereocenters. The molecule has 0 fully saturated rings. The molecular weight excluding hydrogens is 332 g/mol. The summed E-state index contributed by atoms with van der Waals surface area (Å²) in [7, 11) is 3.63. The minimum absolute atomic E-state index is 0.611. The monoisotopic (exact) mass is 358 g/mol. The van der Waals surface area contributed by atoms with Gasteiger partial charge in [0.15, 0.2) is 16.6 Å². The van der Waals surface area contributed by atoms with Crippen LogP contribution in [0, 0.1) is 13.8 Å². The molecule has 0 aliphatic carbocycles. The third kappa shape index (κ3) is 4.86. The van der Waals surface area contributed by atoms with Crippen molar-refractivity contribution in [1.82, 2.24) is 4.90 Å². The maximum atomic E-state index is 5.56. The van der Waals surface area contributed by atoms with Crippen LogP contribution in [-0.4, -0.2) is 30.8 Å². The molecule has 1 N–H and O–H groups in total. The zero-order valence-corrected chi connectivity index (χ0v) is 16.4. The van der Waals surface area contributed by atoms with Gasteiger partial charge in [-0.15, -0.1) is 0 Å². The van der Waals surface area contributed by atoms with Crippen molar-refractivity contribution in [3.05, 3.63) is 53.1 Å². The maximum Gasteiger partial charge on any atom is 0.173 e. The van der Waals surface area contributed by atoms with Crippen molar-refractivity contribution < 1.29 is 9.47 Å². The van der Waals surface area contributed by atoms with Gasteiger partial charge in [-0.25, -0.2) is 0 Å². The number of hydrogen-bond acceptors (Lipinski definition) is 3. The number of benzene rings is 2. The Morgan fingerprint density at radius 3 is 2.60 bits per heavy atom. The molecule has 2 aromatic carbocycles. The van der Waals surface area contributed by atoms with Gasteiger partial charge in [-0.2, -0.15) is 0 Å². The van der Waals surface area contributed by atoms with Crippen LogP contribution in [0.25, 0.3) is 0 Å². The first-order chi connectivity index (χ1) is 12.0. The molecule has 0 bridgehead atoms. The van der Waals surface area contributed by atoms with E-state index in [1.165, 1.54) is 11.1 Å². The van der Waals surface area contributed by atoms with Gasteiger partial charge < -0.3 is 19.7 Å². The zero-order valence-electron chi connectivity index (χ0n) is 15.6. The molecule has 0 saturated carbocycles. The number of hydrogen-bond donors (Lipinski definition) is 1. The number of rotatable bonds is 6. The smallest absolute Gasteiger partial charge is 0.173 e. The predicted octanol–water partition coefficient (Wildman–Crippen LogP) is 4.54. The Bertz CT molecular complexity index is 746. The standard InChI is InChI=1S/C20H26N2O2S/c1-6-24-18-11-10-16(12-19(18)23-5)13-22(4)20(25)21-17-9-7-8-14(2)15(17)3/h7-12H,6,13H2,1-5H3,(H,21,25). The molecule has 0 aliphatic rings. The number of anilines is 1. The highest BCUT2D eigenvalue weighted by molar-refractivity contribution is 7.80. The highest BCUT2D eigenvalue weighted by Crippen LogP contribution is 2.28. The summed E-state index contributed by atoms with van der Waals surface area (Å²) in [5.74, 6) is 1.49. The van der Waals surface area contributed by atoms with Gasteiger partial charge in [0.05, 0.1) is 13.7 Å². The number of ether oxygens (including phenoxy) is 2. The van der Waals surface area contributed by atoms with Crippen molar-refractivity contribution in [3.63, 3.8) is 0 Å². The van der Waals surface area contributed by atoms with Crippen LogP contribution in [-0.2, 0) is 6.54 Å². The Balaban J connectivity index is 2.07. The third-order valence-corrected chi connectivity index (χ3v) is 4.55. The fourth-order valence-corrected chi connectivity index (χ4v) is 2.70. The molecule has 5 heteroatoms. The van der Waals surface area contributed by atoms with Gasteiger partial charge in [0.25, 0.3) is 0 Å². The lowest BCUT2D eigenvalue weighted by Crippen LogP contribution is -2.30. The molecule has 0 amide bonds. The Morgan fingerprint density at radius 2 is 1.92 bits per heavy atom. The normalized spacial score (nSPS) is 10.3. The Hall–Kier alpha value is -2.27. The SMILES string of the molecule is CCOc1ccc(CN(C)C(=S)Nc2cccc(C)c2C)cc1OC. The Labute approximate surface area is 155 Å². The van der Waals surface area contributed by atoms with E-state index < -0.39 is 0 Å². The molecule has 0 aliphatic heterocycles. The van der Waals surface area contributed by atoms with Gasteiger partial charge in [-0.3, -0.25) is 0 Å². The molecule has 0 aromatic heterocycles. The third-order valence-electron chi connectivity index (χ3n) is 4.14. The van der Waals surface area contributed by atoms with Crippen LogP contribution in [0.4, 0.5) is 5.69 Å². The highest BCUT2D eigenvalue weighted by atomic mass is 32.1. The molecule has 0 heterocycles. The van der Waals surface area contributed by atoms with Crippen LogP contribution in [0.15, 0.2) is 36.4 Å². The number of methoxy groups -OCH3 is 1. The molecule has 0 radical (unpaired) electrons. The lowest BCUT2D eigenvalue weighted by Gasteiger charge is -2.23. The van der Waals surface area contributed by atoms with Gasteiger partial charge in [0.1, 0.15) is 0 Å². The second-order valence-electron chi connectivity index (χ2n) is 5.95. The van der Waals surface area contributed by atoms with Crippen LogP contribution < -0.4 is 14.8 Å². The topological polar surface area (TPSA) is 33.7 Å². The van der Waals surface area contributed by atoms with Crippen molar-refractivity contribution in [2.75, 3.05) is 26.1 Å². The quantitative estimate of drug-likeness (QED) is 0.767. The average molecular weight is 359 g/mol. The van der Waals surface area contributed by atoms with E-state index in [1.807, 2.05) is 49.2 Å². The van der Waals surface area contributed by atoms with Crippen LogP contribution in [0.1, 0.15) is 23.6 Å². The van der Waals surface area contributed by atoms with Crippen LogP contribution >= 0.6 is 12.2 Å². The molecule has 0 spiro atoms. The van der Waals surface area contributed by atoms with E-state index in [9.17, 15) is 0 Å². The first kappa shape index (κ1) is 19.1. The minimum atomic E-state index is 0.611. The van der Waals surface area contributed by atoms with Gasteiger partial charge >= 0.3 is 0 Å². The second-order valence-corrected chi connectivity index (χ2v) is 6.34. The van der Waals surface area contributed by atoms with Gasteiger partial charge in [-0.05, 0) is 67.9 Å². The minimum Gasteiger partial charge on any atom is -0.493 e. The van der Waals surface area contributed by atoms with Crippen LogP contribution in [0.5, 0.6) is 11.5 Å². The summed E-state index contributed by atoms with van der Waals surface area (Å²) in [4.78, 5) is 2.01. The molecule has 2 rings (SSSR count). The fourth-order valence-electron chi connectivity index (χ4n) is 2.53. The van der Waals surface area contributed by atoms with E-state index in [0.717, 1.165) is 22.7 Å². The van der Waals surface area contributed by atoms with Gasteiger partial charge in [0, 0.05) is 19.3 Å². The first-order valence-electron chi connectivity index (χ1n) is 8.34. The average Bonchev–Trinajstić information content (AvgIpc) is 2.60. The largest absolute Gasteiger partial charge is 0.493 e. The van der Waals surface area contributed by atoms with Crippen molar-refractivity contribution in [2.45, 2.75) is 27.3 Å². The lowest BCUT2D eigenvalue weighted by molar-refractivity contribution is 0.310. The summed E-state index contributed by atoms with van der Waals surface area (Å²) >= 11 is 5.55. The molecule has 25 heavy (non-hydrogen) atoms. The number of thiocarbonyl (C=S) groups is 1. The summed E-state index contributed by atoms with van der Waals surface area (Å²) in [6.45, 7) is 7.44. The molecule has 0 saturated heterocycles. The predicted molar refractivity (Wildman–Crippen MR) is 108 cm³/mol. The lowest BCUT2D eigenvalue weighted by atomic mass is 10.1. The number of nitrogens with one attached hydrogen (secondary N) is 1. The van der Waals surface area contributed by atoms with E-state index >= 15 is 0 Å². The zero-order chi connectivity index (χ0) is 18.4. The highest BCUT2D eigenvalue weighted by Gasteiger charge is 2.10. The maximum absolute atomic E-state index is 5.56. The first-order valence-corrected chi connectivity index (χ1v) is 8.75. The van der Waals surface area contributed by atoms with Crippen molar-refractivity contribution in [1.29, 1.82) is 0 Å². The van der Waals surface area contributed by atoms with E-state index in [-0.39, 0.29) is 0 Å². The number of nitrogens with zero attached hydrogens (tertiary/aromatic N) is 1. The van der Waals surface area contributed by atoms with Gasteiger partial charge in [-0.1, -0.05) is 18.2 Å². The van der Waals surface area contributed by atoms with Crippen molar-refractivity contribution in [2.24, 2.45) is 0 Å². The van der Waals surface area contributed by atoms with E-state index in [4.69, 9.17) is 21.7 Å². The second kappa shape index (κ2) is 8.72. The summed E-state index contributed by atoms with van der Waals surface area (Å²) in [6.07, 6.45) is 0. The van der Waals surface area contributed by atoms with Crippen LogP contribution in [0.3, 0.4) is 0 Å². The molecule has 0 unspecified atom stereocenters. The summed E-state index contributed by atoms with van der Waals surface area (Å²) in [6, 6.07) is 12.1. The van der Waals surface area contributed by atoms with E-state index in [1.54, 1.807) is 7.11 Å². The Morgan fingerprint density at radius 1 is 1.16 bits per heavy atom. The summed E-state index contributed by atoms with van der Waals surface area (Å²) in [5.41, 5.74) is 4.60. The van der Waals surface area contributed by atoms with Crippen molar-refractivity contribution >= 4 is 23.0 Å². The molecular formula is C20H26N2O2S. The molecule has 2 aromatic rings. The summed E-state index contributed by atoms with van der Waals surface area (Å²) in [5, 5.41) is 4.01. The van der Waals surface area contributed by atoms with Gasteiger partial charge in [0.2, 0.25) is 0 Å². The summed E-state index contributed by atoms with van der Waals surface area (Å²) < 4.78 is 11.0. The van der Waals surface area contributed by atoms with Crippen molar-refractivity contribution in [3.8, 4) is 11.5 Å².